The molecule has 1 fully saturated rings. The molecule has 2 rings (SSSR count). The molecule has 0 saturated heterocycles. The molecule has 4 heteroatoms. The van der Waals surface area contributed by atoms with Crippen LogP contribution in [0.2, 0.25) is 0 Å². The van der Waals surface area contributed by atoms with Gasteiger partial charge in [0.05, 0.1) is 0 Å². The van der Waals surface area contributed by atoms with Crippen LogP contribution in [0.4, 0.5) is 0 Å². The first kappa shape index (κ1) is 15.8. The molecule has 1 aromatic heterocycles. The lowest BCUT2D eigenvalue weighted by Gasteiger charge is -2.39. The number of nitrogens with one attached hydrogen (secondary N) is 1. The molecule has 3 nitrogen and oxygen atoms in total. The minimum atomic E-state index is 0.584. The molecule has 0 amide bonds. The summed E-state index contributed by atoms with van der Waals surface area (Å²) in [6, 6.07) is 0.587. The molecule has 0 spiro atoms. The van der Waals surface area contributed by atoms with Gasteiger partial charge in [0.15, 0.2) is 5.16 Å². The van der Waals surface area contributed by atoms with Crippen LogP contribution >= 0.6 is 11.8 Å². The average molecular weight is 293 g/mol. The molecule has 4 atom stereocenters. The monoisotopic (exact) mass is 293 g/mol. The maximum absolute atomic E-state index is 4.46. The summed E-state index contributed by atoms with van der Waals surface area (Å²) < 4.78 is 0. The van der Waals surface area contributed by atoms with Crippen LogP contribution in [0.3, 0.4) is 0 Å². The first-order chi connectivity index (χ1) is 9.60. The highest BCUT2D eigenvalue weighted by atomic mass is 32.2. The molecule has 1 aliphatic rings. The highest BCUT2D eigenvalue weighted by Gasteiger charge is 2.34. The Labute approximate surface area is 127 Å². The second-order valence-electron chi connectivity index (χ2n) is 6.24. The molecule has 1 saturated carbocycles. The van der Waals surface area contributed by atoms with E-state index in [1.807, 2.05) is 31.1 Å². The van der Waals surface area contributed by atoms with E-state index in [1.165, 1.54) is 19.3 Å². The van der Waals surface area contributed by atoms with Crippen LogP contribution in [0.15, 0.2) is 17.6 Å². The molecular formula is C16H27N3S. The van der Waals surface area contributed by atoms with Crippen LogP contribution in [-0.2, 0) is 0 Å². The van der Waals surface area contributed by atoms with Gasteiger partial charge in [-0.15, -0.1) is 0 Å². The third-order valence-corrected chi connectivity index (χ3v) is 5.53. The standard InChI is InChI=1S/C16H27N3S/c1-5-6-17-14-8-11(2)7-13(4)15(14)20-16-18-9-12(3)10-19-16/h9-11,13-15,17H,5-8H2,1-4H3. The van der Waals surface area contributed by atoms with Gasteiger partial charge in [0, 0.05) is 23.7 Å². The normalized spacial score (nSPS) is 30.4. The number of nitrogens with zero attached hydrogens (tertiary/aromatic N) is 2. The van der Waals surface area contributed by atoms with Crippen molar-refractivity contribution in [2.45, 2.75) is 63.4 Å². The summed E-state index contributed by atoms with van der Waals surface area (Å²) in [4.78, 5) is 8.93. The molecule has 0 bridgehead atoms. The van der Waals surface area contributed by atoms with E-state index < -0.39 is 0 Å². The minimum absolute atomic E-state index is 0.584. The van der Waals surface area contributed by atoms with Crippen molar-refractivity contribution in [3.8, 4) is 0 Å². The fourth-order valence-electron chi connectivity index (χ4n) is 3.12. The molecule has 1 heterocycles. The Hall–Kier alpha value is -0.610. The summed E-state index contributed by atoms with van der Waals surface area (Å²) in [7, 11) is 0. The van der Waals surface area contributed by atoms with Crippen molar-refractivity contribution in [2.24, 2.45) is 11.8 Å². The van der Waals surface area contributed by atoms with Crippen molar-refractivity contribution in [1.29, 1.82) is 0 Å². The zero-order valence-electron chi connectivity index (χ0n) is 13.1. The third kappa shape index (κ3) is 4.19. The van der Waals surface area contributed by atoms with Gasteiger partial charge in [-0.1, -0.05) is 32.5 Å². The van der Waals surface area contributed by atoms with Crippen LogP contribution < -0.4 is 5.32 Å². The van der Waals surface area contributed by atoms with Crippen LogP contribution in [0.25, 0.3) is 0 Å². The fraction of sp³-hybridized carbons (Fsp3) is 0.750. The molecule has 0 aliphatic heterocycles. The van der Waals surface area contributed by atoms with Gasteiger partial charge >= 0.3 is 0 Å². The van der Waals surface area contributed by atoms with E-state index in [0.29, 0.717) is 17.2 Å². The smallest absolute Gasteiger partial charge is 0.187 e. The van der Waals surface area contributed by atoms with E-state index >= 15 is 0 Å². The Morgan fingerprint density at radius 1 is 1.25 bits per heavy atom. The second-order valence-corrected chi connectivity index (χ2v) is 7.39. The maximum atomic E-state index is 4.46. The lowest BCUT2D eigenvalue weighted by atomic mass is 9.80. The Bertz CT molecular complexity index is 407. The van der Waals surface area contributed by atoms with Crippen LogP contribution in [0.1, 0.15) is 45.6 Å². The van der Waals surface area contributed by atoms with Crippen molar-refractivity contribution in [3.63, 3.8) is 0 Å². The predicted molar refractivity (Wildman–Crippen MR) is 86.1 cm³/mol. The number of rotatable bonds is 5. The molecular weight excluding hydrogens is 266 g/mol. The summed E-state index contributed by atoms with van der Waals surface area (Å²) in [5.41, 5.74) is 1.13. The molecule has 112 valence electrons. The van der Waals surface area contributed by atoms with Crippen molar-refractivity contribution in [3.05, 3.63) is 18.0 Å². The van der Waals surface area contributed by atoms with Gasteiger partial charge in [0.1, 0.15) is 0 Å². The van der Waals surface area contributed by atoms with Gasteiger partial charge in [-0.25, -0.2) is 9.97 Å². The summed E-state index contributed by atoms with van der Waals surface area (Å²) in [5.74, 6) is 1.53. The molecule has 1 aliphatic carbocycles. The zero-order chi connectivity index (χ0) is 14.5. The van der Waals surface area contributed by atoms with Gasteiger partial charge in [0.25, 0.3) is 0 Å². The van der Waals surface area contributed by atoms with Crippen molar-refractivity contribution < 1.29 is 0 Å². The number of aryl methyl sites for hydroxylation is 1. The number of hydrogen-bond acceptors (Lipinski definition) is 4. The van der Waals surface area contributed by atoms with Crippen molar-refractivity contribution in [2.75, 3.05) is 6.54 Å². The van der Waals surface area contributed by atoms with E-state index in [9.17, 15) is 0 Å². The molecule has 0 aromatic carbocycles. The number of hydrogen-bond donors (Lipinski definition) is 1. The number of aromatic nitrogens is 2. The first-order valence-corrected chi connectivity index (χ1v) is 8.66. The lowest BCUT2D eigenvalue weighted by molar-refractivity contribution is 0.249. The van der Waals surface area contributed by atoms with E-state index in [-0.39, 0.29) is 0 Å². The molecule has 20 heavy (non-hydrogen) atoms. The highest BCUT2D eigenvalue weighted by Crippen LogP contribution is 2.38. The molecule has 1 aromatic rings. The average Bonchev–Trinajstić information content (AvgIpc) is 2.42. The topological polar surface area (TPSA) is 37.8 Å². The van der Waals surface area contributed by atoms with Gasteiger partial charge in [-0.2, -0.15) is 0 Å². The quantitative estimate of drug-likeness (QED) is 0.840. The Kier molecular flexibility index (Phi) is 5.85. The van der Waals surface area contributed by atoms with Crippen molar-refractivity contribution >= 4 is 11.8 Å². The number of thioether (sulfide) groups is 1. The summed E-state index contributed by atoms with van der Waals surface area (Å²) in [5, 5.41) is 5.24. The lowest BCUT2D eigenvalue weighted by Crippen LogP contribution is -2.46. The van der Waals surface area contributed by atoms with E-state index in [0.717, 1.165) is 23.2 Å². The molecule has 4 unspecified atom stereocenters. The molecule has 1 N–H and O–H groups in total. The first-order valence-electron chi connectivity index (χ1n) is 7.78. The summed E-state index contributed by atoms with van der Waals surface area (Å²) in [6.07, 6.45) is 7.61. The van der Waals surface area contributed by atoms with Crippen LogP contribution in [-0.4, -0.2) is 27.8 Å². The van der Waals surface area contributed by atoms with Crippen LogP contribution in [0.5, 0.6) is 0 Å². The Balaban J connectivity index is 2.05. The van der Waals surface area contributed by atoms with Gasteiger partial charge in [-0.3, -0.25) is 0 Å². The van der Waals surface area contributed by atoms with E-state index in [2.05, 4.69) is 36.1 Å². The Morgan fingerprint density at radius 3 is 2.60 bits per heavy atom. The zero-order valence-corrected chi connectivity index (χ0v) is 13.9. The Morgan fingerprint density at radius 2 is 1.95 bits per heavy atom. The maximum Gasteiger partial charge on any atom is 0.187 e. The van der Waals surface area contributed by atoms with Gasteiger partial charge < -0.3 is 5.32 Å². The third-order valence-electron chi connectivity index (χ3n) is 4.04. The highest BCUT2D eigenvalue weighted by molar-refractivity contribution is 7.99. The van der Waals surface area contributed by atoms with Gasteiger partial charge in [0.2, 0.25) is 0 Å². The largest absolute Gasteiger partial charge is 0.313 e. The second kappa shape index (κ2) is 7.41. The molecule has 0 radical (unpaired) electrons. The van der Waals surface area contributed by atoms with E-state index in [4.69, 9.17) is 0 Å². The van der Waals surface area contributed by atoms with E-state index in [1.54, 1.807) is 0 Å². The van der Waals surface area contributed by atoms with Crippen LogP contribution in [0, 0.1) is 18.8 Å². The minimum Gasteiger partial charge on any atom is -0.313 e. The van der Waals surface area contributed by atoms with Gasteiger partial charge in [-0.05, 0) is 50.1 Å². The summed E-state index contributed by atoms with van der Waals surface area (Å²) >= 11 is 1.86. The SMILES string of the molecule is CCCNC1CC(C)CC(C)C1Sc1ncc(C)cn1. The van der Waals surface area contributed by atoms with Crippen molar-refractivity contribution in [1.82, 2.24) is 15.3 Å². The predicted octanol–water partition coefficient (Wildman–Crippen LogP) is 3.68. The fourth-order valence-corrected chi connectivity index (χ4v) is 4.31. The summed E-state index contributed by atoms with van der Waals surface area (Å²) in [6.45, 7) is 10.1.